The average Bonchev–Trinajstić information content (AvgIpc) is 2.46. The predicted molar refractivity (Wildman–Crippen MR) is 78.8 cm³/mol. The van der Waals surface area contributed by atoms with Gasteiger partial charge in [-0.3, -0.25) is 9.59 Å². The van der Waals surface area contributed by atoms with Crippen molar-refractivity contribution in [2.45, 2.75) is 32.9 Å². The molecule has 0 saturated carbocycles. The van der Waals surface area contributed by atoms with Gasteiger partial charge in [0.1, 0.15) is 0 Å². The van der Waals surface area contributed by atoms with Crippen molar-refractivity contribution in [2.75, 3.05) is 13.1 Å². The van der Waals surface area contributed by atoms with E-state index in [4.69, 9.17) is 5.11 Å². The molecule has 128 valence electrons. The van der Waals surface area contributed by atoms with Gasteiger partial charge in [-0.2, -0.15) is 13.2 Å². The van der Waals surface area contributed by atoms with Gasteiger partial charge in [0.2, 0.25) is 5.91 Å². The van der Waals surface area contributed by atoms with Crippen molar-refractivity contribution in [1.82, 2.24) is 4.90 Å². The minimum Gasteiger partial charge on any atom is -0.481 e. The summed E-state index contributed by atoms with van der Waals surface area (Å²) in [4.78, 5) is 24.3. The van der Waals surface area contributed by atoms with Gasteiger partial charge in [-0.1, -0.05) is 19.1 Å². The van der Waals surface area contributed by atoms with Crippen LogP contribution < -0.4 is 0 Å². The van der Waals surface area contributed by atoms with Crippen molar-refractivity contribution in [3.05, 3.63) is 35.4 Å². The Kier molecular flexibility index (Phi) is 6.60. The average molecular weight is 331 g/mol. The molecule has 0 saturated heterocycles. The lowest BCUT2D eigenvalue weighted by atomic mass is 9.98. The number of halogens is 3. The van der Waals surface area contributed by atoms with Crippen LogP contribution in [0.4, 0.5) is 13.2 Å². The fourth-order valence-electron chi connectivity index (χ4n) is 2.24. The van der Waals surface area contributed by atoms with Gasteiger partial charge in [0.25, 0.3) is 0 Å². The number of amides is 1. The van der Waals surface area contributed by atoms with E-state index < -0.39 is 23.6 Å². The molecule has 1 aromatic rings. The van der Waals surface area contributed by atoms with Crippen LogP contribution in [0.5, 0.6) is 0 Å². The first-order chi connectivity index (χ1) is 10.6. The molecule has 4 nitrogen and oxygen atoms in total. The van der Waals surface area contributed by atoms with Gasteiger partial charge in [0.05, 0.1) is 12.0 Å². The van der Waals surface area contributed by atoms with Crippen LogP contribution in [0, 0.1) is 5.92 Å². The highest BCUT2D eigenvalue weighted by molar-refractivity contribution is 5.79. The first-order valence-electron chi connectivity index (χ1n) is 7.31. The second-order valence-electron chi connectivity index (χ2n) is 5.36. The Morgan fingerprint density at radius 2 is 1.78 bits per heavy atom. The van der Waals surface area contributed by atoms with Gasteiger partial charge in [0.15, 0.2) is 0 Å². The quantitative estimate of drug-likeness (QED) is 0.835. The Hall–Kier alpha value is -2.05. The van der Waals surface area contributed by atoms with Crippen molar-refractivity contribution in [2.24, 2.45) is 5.92 Å². The molecule has 0 aromatic heterocycles. The summed E-state index contributed by atoms with van der Waals surface area (Å²) in [5.41, 5.74) is -0.0926. The van der Waals surface area contributed by atoms with E-state index in [2.05, 4.69) is 0 Å². The highest BCUT2D eigenvalue weighted by Gasteiger charge is 2.30. The Labute approximate surface area is 132 Å². The molecule has 1 atom stereocenters. The number of alkyl halides is 3. The number of carbonyl (C=O) groups excluding carboxylic acids is 1. The molecule has 0 aliphatic heterocycles. The summed E-state index contributed by atoms with van der Waals surface area (Å²) in [7, 11) is 0. The van der Waals surface area contributed by atoms with Crippen molar-refractivity contribution in [3.8, 4) is 0 Å². The zero-order chi connectivity index (χ0) is 17.6. The van der Waals surface area contributed by atoms with E-state index in [0.29, 0.717) is 18.5 Å². The Bertz CT molecular complexity index is 540. The normalized spacial score (nSPS) is 12.7. The minimum absolute atomic E-state index is 0.127. The zero-order valence-corrected chi connectivity index (χ0v) is 13.1. The van der Waals surface area contributed by atoms with E-state index in [-0.39, 0.29) is 18.9 Å². The predicted octanol–water partition coefficient (Wildman–Crippen LogP) is 3.21. The largest absolute Gasteiger partial charge is 0.481 e. The fourth-order valence-corrected chi connectivity index (χ4v) is 2.24. The zero-order valence-electron chi connectivity index (χ0n) is 13.1. The molecule has 0 bridgehead atoms. The highest BCUT2D eigenvalue weighted by Crippen LogP contribution is 2.29. The number of hydrogen-bond donors (Lipinski definition) is 1. The molecule has 1 unspecified atom stereocenters. The number of carbonyl (C=O) groups is 2. The van der Waals surface area contributed by atoms with Gasteiger partial charge in [-0.15, -0.1) is 0 Å². The standard InChI is InChI=1S/C16H20F3NO3/c1-3-20(9-8-14(21)22)15(23)11(2)10-12-4-6-13(7-5-12)16(17,18)19/h4-7,11H,3,8-10H2,1-2H3,(H,21,22). The number of rotatable bonds is 7. The van der Waals surface area contributed by atoms with Crippen LogP contribution in [-0.2, 0) is 22.2 Å². The Balaban J connectivity index is 2.68. The van der Waals surface area contributed by atoms with Crippen molar-refractivity contribution in [1.29, 1.82) is 0 Å². The summed E-state index contributed by atoms with van der Waals surface area (Å²) >= 11 is 0. The third kappa shape index (κ3) is 5.92. The lowest BCUT2D eigenvalue weighted by Crippen LogP contribution is -2.37. The van der Waals surface area contributed by atoms with Gasteiger partial charge in [-0.05, 0) is 31.0 Å². The summed E-state index contributed by atoms with van der Waals surface area (Å²) in [5, 5.41) is 8.68. The molecule has 0 aliphatic rings. The number of carboxylic acid groups (broad SMARTS) is 1. The Morgan fingerprint density at radius 1 is 1.22 bits per heavy atom. The van der Waals surface area contributed by atoms with E-state index in [1.54, 1.807) is 13.8 Å². The van der Waals surface area contributed by atoms with Crippen molar-refractivity contribution < 1.29 is 27.9 Å². The molecule has 1 rings (SSSR count). The maximum atomic E-state index is 12.5. The lowest BCUT2D eigenvalue weighted by Gasteiger charge is -2.24. The van der Waals surface area contributed by atoms with Crippen LogP contribution in [-0.4, -0.2) is 35.0 Å². The Morgan fingerprint density at radius 3 is 2.22 bits per heavy atom. The maximum absolute atomic E-state index is 12.5. The van der Waals surface area contributed by atoms with Crippen LogP contribution in [0.1, 0.15) is 31.4 Å². The molecule has 0 heterocycles. The maximum Gasteiger partial charge on any atom is 0.416 e. The number of hydrogen-bond acceptors (Lipinski definition) is 2. The van der Waals surface area contributed by atoms with Crippen molar-refractivity contribution in [3.63, 3.8) is 0 Å². The second-order valence-corrected chi connectivity index (χ2v) is 5.36. The summed E-state index contributed by atoms with van der Waals surface area (Å²) in [6, 6.07) is 4.71. The van der Waals surface area contributed by atoms with Crippen LogP contribution in [0.25, 0.3) is 0 Å². The molecular weight excluding hydrogens is 311 g/mol. The summed E-state index contributed by atoms with van der Waals surface area (Å²) in [5.74, 6) is -1.61. The monoisotopic (exact) mass is 331 g/mol. The van der Waals surface area contributed by atoms with E-state index in [1.807, 2.05) is 0 Å². The molecule has 0 spiro atoms. The minimum atomic E-state index is -4.38. The fraction of sp³-hybridized carbons (Fsp3) is 0.500. The molecule has 0 fully saturated rings. The van der Waals surface area contributed by atoms with E-state index in [1.165, 1.54) is 17.0 Å². The highest BCUT2D eigenvalue weighted by atomic mass is 19.4. The molecule has 1 amide bonds. The third-order valence-electron chi connectivity index (χ3n) is 3.53. The summed E-state index contributed by atoms with van der Waals surface area (Å²) in [6.07, 6.45) is -4.21. The second kappa shape index (κ2) is 7.99. The molecule has 7 heteroatoms. The van der Waals surface area contributed by atoms with E-state index in [9.17, 15) is 22.8 Å². The lowest BCUT2D eigenvalue weighted by molar-refractivity contribution is -0.140. The van der Waals surface area contributed by atoms with Crippen LogP contribution in [0.2, 0.25) is 0 Å². The summed E-state index contributed by atoms with van der Waals surface area (Å²) in [6.45, 7) is 3.96. The smallest absolute Gasteiger partial charge is 0.416 e. The number of benzene rings is 1. The molecule has 0 radical (unpaired) electrons. The van der Waals surface area contributed by atoms with Gasteiger partial charge >= 0.3 is 12.1 Å². The molecule has 0 aliphatic carbocycles. The van der Waals surface area contributed by atoms with Crippen molar-refractivity contribution >= 4 is 11.9 Å². The van der Waals surface area contributed by atoms with E-state index in [0.717, 1.165) is 12.1 Å². The van der Waals surface area contributed by atoms with Crippen LogP contribution >= 0.6 is 0 Å². The topological polar surface area (TPSA) is 57.6 Å². The van der Waals surface area contributed by atoms with Crippen LogP contribution in [0.3, 0.4) is 0 Å². The molecule has 1 aromatic carbocycles. The molecule has 1 N–H and O–H groups in total. The van der Waals surface area contributed by atoms with Gasteiger partial charge in [-0.25, -0.2) is 0 Å². The first kappa shape index (κ1) is 19.0. The first-order valence-corrected chi connectivity index (χ1v) is 7.31. The third-order valence-corrected chi connectivity index (χ3v) is 3.53. The number of carboxylic acids is 1. The van der Waals surface area contributed by atoms with Gasteiger partial charge < -0.3 is 10.0 Å². The molecular formula is C16H20F3NO3. The number of aliphatic carboxylic acids is 1. The van der Waals surface area contributed by atoms with Gasteiger partial charge in [0, 0.05) is 19.0 Å². The van der Waals surface area contributed by atoms with Crippen LogP contribution in [0.15, 0.2) is 24.3 Å². The molecule has 23 heavy (non-hydrogen) atoms. The summed E-state index contributed by atoms with van der Waals surface area (Å²) < 4.78 is 37.5. The van der Waals surface area contributed by atoms with E-state index >= 15 is 0 Å². The SMILES string of the molecule is CCN(CCC(=O)O)C(=O)C(C)Cc1ccc(C(F)(F)F)cc1. The number of nitrogens with zero attached hydrogens (tertiary/aromatic N) is 1.